The summed E-state index contributed by atoms with van der Waals surface area (Å²) >= 11 is 0. The van der Waals surface area contributed by atoms with Crippen LogP contribution in [-0.4, -0.2) is 110 Å². The van der Waals surface area contributed by atoms with Crippen molar-refractivity contribution in [1.82, 2.24) is 0 Å². The number of aliphatic hydroxyl groups excluding tert-OH is 6. The number of aliphatic hydroxyl groups is 6. The summed E-state index contributed by atoms with van der Waals surface area (Å²) in [6.07, 6.45) is 11.2. The normalized spacial score (nSPS) is 31.9. The zero-order valence-corrected chi connectivity index (χ0v) is 26.5. The van der Waals surface area contributed by atoms with Gasteiger partial charge < -0.3 is 49.6 Å². The van der Waals surface area contributed by atoms with Crippen molar-refractivity contribution >= 4 is 17.9 Å². The highest BCUT2D eigenvalue weighted by Gasteiger charge is 2.45. The van der Waals surface area contributed by atoms with Gasteiger partial charge in [-0.1, -0.05) is 60.8 Å². The molecule has 13 nitrogen and oxygen atoms in total. The van der Waals surface area contributed by atoms with Crippen molar-refractivity contribution in [2.75, 3.05) is 6.61 Å². The second kappa shape index (κ2) is 22.2. The highest BCUT2D eigenvalue weighted by Crippen LogP contribution is 2.22. The Bertz CT molecular complexity index is 1140. The predicted molar refractivity (Wildman–Crippen MR) is 169 cm³/mol. The Labute approximate surface area is 274 Å². The van der Waals surface area contributed by atoms with Gasteiger partial charge in [-0.3, -0.25) is 9.59 Å². The van der Waals surface area contributed by atoms with Crippen molar-refractivity contribution in [3.8, 4) is 0 Å². The van der Waals surface area contributed by atoms with Gasteiger partial charge in [-0.25, -0.2) is 4.79 Å². The van der Waals surface area contributed by atoms with E-state index in [2.05, 4.69) is 0 Å². The number of hydrogen-bond donors (Lipinski definition) is 6. The van der Waals surface area contributed by atoms with Gasteiger partial charge in [0.05, 0.1) is 37.8 Å². The molecule has 0 bridgehead atoms. The largest absolute Gasteiger partial charge is 0.460 e. The van der Waals surface area contributed by atoms with Crippen molar-refractivity contribution in [3.63, 3.8) is 0 Å². The first kappa shape index (κ1) is 39.7. The van der Waals surface area contributed by atoms with E-state index in [1.54, 1.807) is 48.6 Å². The zero-order chi connectivity index (χ0) is 34.6. The molecule has 0 aromatic carbocycles. The maximum atomic E-state index is 12.6. The van der Waals surface area contributed by atoms with Crippen LogP contribution in [0.5, 0.6) is 0 Å². The molecule has 2 aliphatic rings. The van der Waals surface area contributed by atoms with Gasteiger partial charge in [0, 0.05) is 18.9 Å². The molecule has 0 spiro atoms. The van der Waals surface area contributed by atoms with Crippen LogP contribution in [0.2, 0.25) is 0 Å². The fourth-order valence-electron chi connectivity index (χ4n) is 4.52. The molecule has 47 heavy (non-hydrogen) atoms. The number of cyclic esters (lactones) is 1. The Morgan fingerprint density at radius 2 is 1.49 bits per heavy atom. The molecule has 0 radical (unpaired) electrons. The van der Waals surface area contributed by atoms with Gasteiger partial charge in [-0.2, -0.15) is 0 Å². The Kier molecular flexibility index (Phi) is 18.8. The number of allylic oxidation sites excluding steroid dienone is 7. The molecular formula is C34H48O13. The van der Waals surface area contributed by atoms with Crippen LogP contribution in [0.4, 0.5) is 0 Å². The molecule has 262 valence electrons. The van der Waals surface area contributed by atoms with Crippen LogP contribution in [-0.2, 0) is 33.3 Å². The maximum Gasteiger partial charge on any atom is 0.331 e. The highest BCUT2D eigenvalue weighted by molar-refractivity contribution is 5.82. The average Bonchev–Trinajstić information content (AvgIpc) is 3.02. The molecule has 0 aromatic rings. The zero-order valence-electron chi connectivity index (χ0n) is 26.5. The molecule has 0 aromatic heterocycles. The van der Waals surface area contributed by atoms with Crippen LogP contribution in [0.1, 0.15) is 58.3 Å². The SMILES string of the molecule is C[C@@H]1CCCC=CC=C[C@H](O)C[C@@H](O)CC=CC=C[C@@H](OC(=O)CCC(=O)O[C@H]2O[C@@H](CO)[C@H](O)[C@@H](O)[C@@H]2O)CC=CC=CC(=O)O1. The Morgan fingerprint density at radius 1 is 0.830 bits per heavy atom. The van der Waals surface area contributed by atoms with Crippen LogP contribution in [0.15, 0.2) is 72.9 Å². The number of carbonyl (C=O) groups excluding carboxylic acids is 3. The molecule has 1 saturated heterocycles. The fourth-order valence-corrected chi connectivity index (χ4v) is 4.52. The second-order valence-electron chi connectivity index (χ2n) is 11.2. The number of rotatable bonds is 6. The summed E-state index contributed by atoms with van der Waals surface area (Å²) in [5.41, 5.74) is 0. The highest BCUT2D eigenvalue weighted by atomic mass is 16.7. The number of carbonyl (C=O) groups is 3. The molecule has 0 unspecified atom stereocenters. The van der Waals surface area contributed by atoms with E-state index in [1.807, 2.05) is 19.1 Å². The molecule has 6 N–H and O–H groups in total. The first-order chi connectivity index (χ1) is 22.5. The summed E-state index contributed by atoms with van der Waals surface area (Å²) in [6, 6.07) is 0. The van der Waals surface area contributed by atoms with Crippen molar-refractivity contribution < 1.29 is 64.0 Å². The minimum absolute atomic E-state index is 0.151. The summed E-state index contributed by atoms with van der Waals surface area (Å²) in [6.45, 7) is 1.12. The molecule has 2 rings (SSSR count). The predicted octanol–water partition coefficient (Wildman–Crippen LogP) is 1.37. The summed E-state index contributed by atoms with van der Waals surface area (Å²) in [7, 11) is 0. The fraction of sp³-hybridized carbons (Fsp3) is 0.559. The summed E-state index contributed by atoms with van der Waals surface area (Å²) in [4.78, 5) is 37.0. The van der Waals surface area contributed by atoms with Crippen molar-refractivity contribution in [1.29, 1.82) is 0 Å². The minimum atomic E-state index is -1.77. The van der Waals surface area contributed by atoms with Gasteiger partial charge >= 0.3 is 17.9 Å². The van der Waals surface area contributed by atoms with Gasteiger partial charge in [0.1, 0.15) is 30.5 Å². The van der Waals surface area contributed by atoms with Gasteiger partial charge in [0.15, 0.2) is 0 Å². The van der Waals surface area contributed by atoms with E-state index in [9.17, 15) is 45.0 Å². The topological polar surface area (TPSA) is 210 Å². The van der Waals surface area contributed by atoms with Gasteiger partial charge in [-0.15, -0.1) is 0 Å². The minimum Gasteiger partial charge on any atom is -0.460 e. The first-order valence-corrected chi connectivity index (χ1v) is 15.8. The number of ether oxygens (including phenoxy) is 4. The molecule has 0 saturated carbocycles. The smallest absolute Gasteiger partial charge is 0.331 e. The first-order valence-electron chi connectivity index (χ1n) is 15.8. The molecule has 13 heteroatoms. The third-order valence-corrected chi connectivity index (χ3v) is 7.13. The van der Waals surface area contributed by atoms with Crippen LogP contribution in [0, 0.1) is 0 Å². The molecule has 0 aliphatic carbocycles. The number of esters is 3. The second-order valence-corrected chi connectivity index (χ2v) is 11.2. The quantitative estimate of drug-likeness (QED) is 0.175. The lowest BCUT2D eigenvalue weighted by Crippen LogP contribution is -2.59. The molecular weight excluding hydrogens is 616 g/mol. The van der Waals surface area contributed by atoms with Crippen molar-refractivity contribution in [2.24, 2.45) is 0 Å². The van der Waals surface area contributed by atoms with Crippen molar-refractivity contribution in [2.45, 2.75) is 113 Å². The summed E-state index contributed by atoms with van der Waals surface area (Å²) in [5.74, 6) is -2.17. The van der Waals surface area contributed by atoms with Crippen LogP contribution in [0.25, 0.3) is 0 Å². The van der Waals surface area contributed by atoms with E-state index in [0.29, 0.717) is 6.42 Å². The molecule has 9 atom stereocenters. The summed E-state index contributed by atoms with van der Waals surface area (Å²) < 4.78 is 21.0. The Morgan fingerprint density at radius 3 is 2.23 bits per heavy atom. The van der Waals surface area contributed by atoms with E-state index in [4.69, 9.17) is 18.9 Å². The van der Waals surface area contributed by atoms with Gasteiger partial charge in [0.25, 0.3) is 0 Å². The third-order valence-electron chi connectivity index (χ3n) is 7.13. The molecule has 2 aliphatic heterocycles. The van der Waals surface area contributed by atoms with Crippen molar-refractivity contribution in [3.05, 3.63) is 72.9 Å². The third kappa shape index (κ3) is 16.3. The standard InChI is InChI=1S/C34H48O13/c1-23-13-7-3-2-4-8-14-24(36)21-25(37)15-9-5-10-16-26(17-11-6-12-18-28(38)44-23)45-29(39)19-20-30(40)47-34-33(43)32(42)31(41)27(22-35)46-34/h2,4-6,8-12,14,16,18,23-27,31-37,41-43H,3,7,13,15,17,19-22H2,1H3/t23-,24+,25+,26-,27+,31+,32-,33+,34-/m1/s1. The monoisotopic (exact) mass is 664 g/mol. The lowest BCUT2D eigenvalue weighted by Gasteiger charge is -2.39. The average molecular weight is 665 g/mol. The Hall–Kier alpha value is -3.43. The van der Waals surface area contributed by atoms with Crippen LogP contribution >= 0.6 is 0 Å². The summed E-state index contributed by atoms with van der Waals surface area (Å²) in [5, 5.41) is 59.4. The number of hydrogen-bond acceptors (Lipinski definition) is 13. The van der Waals surface area contributed by atoms with Gasteiger partial charge in [-0.05, 0) is 38.7 Å². The maximum absolute atomic E-state index is 12.6. The van der Waals surface area contributed by atoms with Crippen LogP contribution < -0.4 is 0 Å². The van der Waals surface area contributed by atoms with Gasteiger partial charge in [0.2, 0.25) is 6.29 Å². The van der Waals surface area contributed by atoms with E-state index in [0.717, 1.165) is 12.8 Å². The van der Waals surface area contributed by atoms with E-state index in [-0.39, 0.29) is 31.8 Å². The molecule has 2 heterocycles. The lowest BCUT2D eigenvalue weighted by molar-refractivity contribution is -0.292. The van der Waals surface area contributed by atoms with E-state index < -0.39 is 80.0 Å². The van der Waals surface area contributed by atoms with E-state index >= 15 is 0 Å². The lowest BCUT2D eigenvalue weighted by atomic mass is 9.99. The van der Waals surface area contributed by atoms with Crippen LogP contribution in [0.3, 0.4) is 0 Å². The van der Waals surface area contributed by atoms with E-state index in [1.165, 1.54) is 12.2 Å². The molecule has 1 fully saturated rings. The Balaban J connectivity index is 2.00. The molecule has 0 amide bonds.